The van der Waals surface area contributed by atoms with Gasteiger partial charge >= 0.3 is 0 Å². The summed E-state index contributed by atoms with van der Waals surface area (Å²) in [6.07, 6.45) is 1.34. The fraction of sp³-hybridized carbons (Fsp3) is 0.545. The van der Waals surface area contributed by atoms with Gasteiger partial charge < -0.3 is 4.90 Å². The van der Waals surface area contributed by atoms with Crippen molar-refractivity contribution >= 4 is 28.8 Å². The van der Waals surface area contributed by atoms with Gasteiger partial charge in [0.1, 0.15) is 0 Å². The molecule has 1 unspecified atom stereocenters. The van der Waals surface area contributed by atoms with Crippen molar-refractivity contribution in [1.82, 2.24) is 4.90 Å². The molecule has 1 atom stereocenters. The van der Waals surface area contributed by atoms with Crippen LogP contribution in [0.25, 0.3) is 0 Å². The molecule has 1 aromatic rings. The molecule has 2 nitrogen and oxygen atoms in total. The van der Waals surface area contributed by atoms with Gasteiger partial charge in [0.05, 0.1) is 0 Å². The average molecular weight is 246 g/mol. The molecule has 1 amide bonds. The predicted molar refractivity (Wildman–Crippen MR) is 65.6 cm³/mol. The van der Waals surface area contributed by atoms with Crippen LogP contribution in [-0.2, 0) is 11.2 Å². The first-order chi connectivity index (χ1) is 7.15. The first-order valence-electron chi connectivity index (χ1n) is 4.99. The van der Waals surface area contributed by atoms with Gasteiger partial charge in [0, 0.05) is 36.7 Å². The number of amides is 1. The van der Waals surface area contributed by atoms with E-state index in [9.17, 15) is 4.79 Å². The highest BCUT2D eigenvalue weighted by molar-refractivity contribution is 7.09. The fourth-order valence-corrected chi connectivity index (χ4v) is 2.35. The Morgan fingerprint density at radius 1 is 1.67 bits per heavy atom. The molecule has 0 saturated carbocycles. The molecule has 0 bridgehead atoms. The standard InChI is InChI=1S/C11H16ClNOS/c1-9(8-10-4-3-7-15-10)13(2)11(14)5-6-12/h3-4,7,9H,5-6,8H2,1-2H3. The summed E-state index contributed by atoms with van der Waals surface area (Å²) < 4.78 is 0. The Morgan fingerprint density at radius 3 is 2.93 bits per heavy atom. The van der Waals surface area contributed by atoms with E-state index in [0.29, 0.717) is 12.3 Å². The number of carbonyl (C=O) groups excluding carboxylic acids is 1. The number of thiophene rings is 1. The molecule has 1 heterocycles. The van der Waals surface area contributed by atoms with E-state index in [0.717, 1.165) is 6.42 Å². The van der Waals surface area contributed by atoms with E-state index in [1.807, 2.05) is 13.1 Å². The third-order valence-electron chi connectivity index (χ3n) is 2.44. The predicted octanol–water partition coefficient (Wildman–Crippen LogP) is 2.77. The molecule has 0 aliphatic carbocycles. The molecular weight excluding hydrogens is 230 g/mol. The highest BCUT2D eigenvalue weighted by Crippen LogP contribution is 2.14. The van der Waals surface area contributed by atoms with Crippen molar-refractivity contribution in [2.45, 2.75) is 25.8 Å². The van der Waals surface area contributed by atoms with Crippen molar-refractivity contribution in [3.05, 3.63) is 22.4 Å². The van der Waals surface area contributed by atoms with Crippen LogP contribution in [-0.4, -0.2) is 29.8 Å². The lowest BCUT2D eigenvalue weighted by molar-refractivity contribution is -0.131. The van der Waals surface area contributed by atoms with Gasteiger partial charge in [0.2, 0.25) is 5.91 Å². The third-order valence-corrected chi connectivity index (χ3v) is 3.53. The largest absolute Gasteiger partial charge is 0.343 e. The van der Waals surface area contributed by atoms with E-state index in [1.165, 1.54) is 4.88 Å². The number of alkyl halides is 1. The summed E-state index contributed by atoms with van der Waals surface area (Å²) in [6.45, 7) is 2.06. The smallest absolute Gasteiger partial charge is 0.223 e. The molecule has 4 heteroatoms. The Kier molecular flexibility index (Phi) is 5.12. The highest BCUT2D eigenvalue weighted by Gasteiger charge is 2.15. The highest BCUT2D eigenvalue weighted by atomic mass is 35.5. The molecule has 1 aromatic heterocycles. The molecule has 0 saturated heterocycles. The molecule has 1 rings (SSSR count). The summed E-state index contributed by atoms with van der Waals surface area (Å²) in [7, 11) is 1.84. The first-order valence-corrected chi connectivity index (χ1v) is 6.40. The second-order valence-electron chi connectivity index (χ2n) is 3.58. The third kappa shape index (κ3) is 3.84. The van der Waals surface area contributed by atoms with Gasteiger partial charge in [-0.1, -0.05) is 6.07 Å². The number of halogens is 1. The Hall–Kier alpha value is -0.540. The van der Waals surface area contributed by atoms with Crippen molar-refractivity contribution in [2.24, 2.45) is 0 Å². The maximum atomic E-state index is 11.6. The van der Waals surface area contributed by atoms with Crippen LogP contribution in [0.5, 0.6) is 0 Å². The number of nitrogens with zero attached hydrogens (tertiary/aromatic N) is 1. The number of carbonyl (C=O) groups is 1. The van der Waals surface area contributed by atoms with E-state index in [1.54, 1.807) is 16.2 Å². The van der Waals surface area contributed by atoms with Crippen molar-refractivity contribution in [3.63, 3.8) is 0 Å². The second-order valence-corrected chi connectivity index (χ2v) is 4.99. The van der Waals surface area contributed by atoms with Gasteiger partial charge in [0.25, 0.3) is 0 Å². The zero-order valence-electron chi connectivity index (χ0n) is 9.07. The SMILES string of the molecule is CC(Cc1cccs1)N(C)C(=O)CCCl. The van der Waals surface area contributed by atoms with E-state index in [4.69, 9.17) is 11.6 Å². The molecule has 0 spiro atoms. The van der Waals surface area contributed by atoms with Crippen LogP contribution in [0.3, 0.4) is 0 Å². The lowest BCUT2D eigenvalue weighted by atomic mass is 10.2. The van der Waals surface area contributed by atoms with E-state index < -0.39 is 0 Å². The van der Waals surface area contributed by atoms with Crippen LogP contribution < -0.4 is 0 Å². The zero-order valence-corrected chi connectivity index (χ0v) is 10.6. The van der Waals surface area contributed by atoms with Crippen LogP contribution in [0, 0.1) is 0 Å². The van der Waals surface area contributed by atoms with E-state index in [-0.39, 0.29) is 11.9 Å². The monoisotopic (exact) mass is 245 g/mol. The minimum Gasteiger partial charge on any atom is -0.343 e. The molecule has 0 radical (unpaired) electrons. The minimum absolute atomic E-state index is 0.119. The Bertz CT molecular complexity index is 300. The van der Waals surface area contributed by atoms with E-state index in [2.05, 4.69) is 18.4 Å². The lowest BCUT2D eigenvalue weighted by Crippen LogP contribution is -2.36. The molecular formula is C11H16ClNOS. The van der Waals surface area contributed by atoms with Gasteiger partial charge in [-0.05, 0) is 18.4 Å². The van der Waals surface area contributed by atoms with Gasteiger partial charge in [-0.15, -0.1) is 22.9 Å². The Balaban J connectivity index is 2.46. The molecule has 0 aliphatic rings. The fourth-order valence-electron chi connectivity index (χ4n) is 1.36. The van der Waals surface area contributed by atoms with Crippen LogP contribution in [0.2, 0.25) is 0 Å². The summed E-state index contributed by atoms with van der Waals surface area (Å²) in [5.41, 5.74) is 0. The second kappa shape index (κ2) is 6.13. The van der Waals surface area contributed by atoms with Gasteiger partial charge in [0.15, 0.2) is 0 Å². The quantitative estimate of drug-likeness (QED) is 0.731. The number of likely N-dealkylation sites (N-methyl/N-ethyl adjacent to an activating group) is 1. The van der Waals surface area contributed by atoms with Crippen molar-refractivity contribution in [1.29, 1.82) is 0 Å². The van der Waals surface area contributed by atoms with Crippen molar-refractivity contribution in [3.8, 4) is 0 Å². The molecule has 15 heavy (non-hydrogen) atoms. The molecule has 0 aromatic carbocycles. The van der Waals surface area contributed by atoms with Crippen LogP contribution >= 0.6 is 22.9 Å². The summed E-state index contributed by atoms with van der Waals surface area (Å²) in [5.74, 6) is 0.517. The number of hydrogen-bond donors (Lipinski definition) is 0. The van der Waals surface area contributed by atoms with Crippen molar-refractivity contribution in [2.75, 3.05) is 12.9 Å². The maximum absolute atomic E-state index is 11.6. The van der Waals surface area contributed by atoms with E-state index >= 15 is 0 Å². The first kappa shape index (κ1) is 12.5. The van der Waals surface area contributed by atoms with Gasteiger partial charge in [-0.25, -0.2) is 0 Å². The number of hydrogen-bond acceptors (Lipinski definition) is 2. The normalized spacial score (nSPS) is 12.5. The zero-order chi connectivity index (χ0) is 11.3. The molecule has 84 valence electrons. The summed E-state index contributed by atoms with van der Waals surface area (Å²) in [5, 5.41) is 2.06. The van der Waals surface area contributed by atoms with Crippen LogP contribution in [0.4, 0.5) is 0 Å². The topological polar surface area (TPSA) is 20.3 Å². The minimum atomic E-state index is 0.119. The van der Waals surface area contributed by atoms with Crippen LogP contribution in [0.15, 0.2) is 17.5 Å². The lowest BCUT2D eigenvalue weighted by Gasteiger charge is -2.24. The summed E-state index contributed by atoms with van der Waals surface area (Å²) >= 11 is 7.27. The Morgan fingerprint density at radius 2 is 2.40 bits per heavy atom. The summed E-state index contributed by atoms with van der Waals surface area (Å²) in [4.78, 5) is 14.7. The van der Waals surface area contributed by atoms with Crippen molar-refractivity contribution < 1.29 is 4.79 Å². The maximum Gasteiger partial charge on any atom is 0.223 e. The van der Waals surface area contributed by atoms with Gasteiger partial charge in [-0.2, -0.15) is 0 Å². The van der Waals surface area contributed by atoms with Crippen LogP contribution in [0.1, 0.15) is 18.2 Å². The average Bonchev–Trinajstić information content (AvgIpc) is 2.69. The Labute approximate surface area is 99.9 Å². The molecule has 0 N–H and O–H groups in total. The number of rotatable bonds is 5. The molecule has 0 fully saturated rings. The molecule has 0 aliphatic heterocycles. The van der Waals surface area contributed by atoms with Gasteiger partial charge in [-0.3, -0.25) is 4.79 Å². The summed E-state index contributed by atoms with van der Waals surface area (Å²) in [6, 6.07) is 4.37.